The van der Waals surface area contributed by atoms with Crippen molar-refractivity contribution in [1.29, 1.82) is 0 Å². The van der Waals surface area contributed by atoms with Crippen molar-refractivity contribution < 1.29 is 37.3 Å². The van der Waals surface area contributed by atoms with Gasteiger partial charge in [-0.3, -0.25) is 18.6 Å². The maximum atomic E-state index is 13.4. The maximum absolute atomic E-state index is 13.4. The molecule has 0 bridgehead atoms. The lowest BCUT2D eigenvalue weighted by molar-refractivity contribution is -0.870. The van der Waals surface area contributed by atoms with Crippen LogP contribution in [0.3, 0.4) is 0 Å². The van der Waals surface area contributed by atoms with Gasteiger partial charge in [-0.2, -0.15) is 0 Å². The summed E-state index contributed by atoms with van der Waals surface area (Å²) >= 11 is 0. The van der Waals surface area contributed by atoms with Crippen LogP contribution in [0, 0.1) is 0 Å². The number of amides is 1. The van der Waals surface area contributed by atoms with E-state index in [1.165, 1.54) is 103 Å². The Kier molecular flexibility index (Phi) is 41.5. The Bertz CT molecular complexity index is 1210. The van der Waals surface area contributed by atoms with Gasteiger partial charge in [0, 0.05) is 12.8 Å². The molecule has 0 aromatic carbocycles. The van der Waals surface area contributed by atoms with E-state index in [1.54, 1.807) is 0 Å². The Morgan fingerprint density at radius 1 is 0.581 bits per heavy atom. The van der Waals surface area contributed by atoms with Crippen LogP contribution in [0.15, 0.2) is 48.6 Å². The zero-order chi connectivity index (χ0) is 45.8. The quantitative estimate of drug-likeness (QED) is 0.0156. The fourth-order valence-corrected chi connectivity index (χ4v) is 7.85. The smallest absolute Gasteiger partial charge is 0.456 e. The highest BCUT2D eigenvalue weighted by atomic mass is 31.2. The zero-order valence-electron chi connectivity index (χ0n) is 41.1. The predicted octanol–water partition coefficient (Wildman–Crippen LogP) is 14.6. The van der Waals surface area contributed by atoms with Crippen LogP contribution in [0.2, 0.25) is 0 Å². The molecule has 10 heteroatoms. The second-order valence-corrected chi connectivity index (χ2v) is 19.8. The summed E-state index contributed by atoms with van der Waals surface area (Å²) in [6.45, 7) is 6.84. The molecule has 0 aliphatic carbocycles. The molecule has 0 saturated heterocycles. The van der Waals surface area contributed by atoms with Crippen molar-refractivity contribution in [3.8, 4) is 0 Å². The highest BCUT2D eigenvalue weighted by Gasteiger charge is 2.30. The van der Waals surface area contributed by atoms with Gasteiger partial charge in [0.15, 0.2) is 0 Å². The van der Waals surface area contributed by atoms with Crippen molar-refractivity contribution in [2.24, 2.45) is 0 Å². The van der Waals surface area contributed by atoms with E-state index in [2.05, 4.69) is 62.5 Å². The van der Waals surface area contributed by atoms with Crippen molar-refractivity contribution in [2.75, 3.05) is 40.9 Å². The van der Waals surface area contributed by atoms with Crippen LogP contribution >= 0.6 is 7.82 Å². The molecule has 0 aromatic rings. The van der Waals surface area contributed by atoms with Gasteiger partial charge in [0.1, 0.15) is 19.3 Å². The van der Waals surface area contributed by atoms with Crippen LogP contribution in [-0.4, -0.2) is 74.3 Å². The average Bonchev–Trinajstić information content (AvgIpc) is 3.22. The SMILES string of the molecule is CC/C=C/C=C/C=C\CCCCCCCC(=O)OC(/C=C/CCCCCCCCCCCC)C(COP(=O)(O)OCC[N+](C)(C)C)NC(=O)CCCCCCCCCCCCC. The second kappa shape index (κ2) is 42.9. The highest BCUT2D eigenvalue weighted by Crippen LogP contribution is 2.43. The van der Waals surface area contributed by atoms with Crippen molar-refractivity contribution in [1.82, 2.24) is 5.32 Å². The Morgan fingerprint density at radius 3 is 1.53 bits per heavy atom. The number of hydrogen-bond acceptors (Lipinski definition) is 6. The molecule has 9 nitrogen and oxygen atoms in total. The number of ether oxygens (including phenoxy) is 1. The van der Waals surface area contributed by atoms with E-state index in [0.717, 1.165) is 77.0 Å². The number of hydrogen-bond donors (Lipinski definition) is 2. The summed E-state index contributed by atoms with van der Waals surface area (Å²) < 4.78 is 30.4. The van der Waals surface area contributed by atoms with E-state index >= 15 is 0 Å². The molecule has 0 aliphatic heterocycles. The van der Waals surface area contributed by atoms with E-state index in [-0.39, 0.29) is 31.5 Å². The third-order valence-electron chi connectivity index (χ3n) is 11.1. The molecule has 0 aromatic heterocycles. The first kappa shape index (κ1) is 60.0. The van der Waals surface area contributed by atoms with Crippen LogP contribution in [-0.2, 0) is 27.9 Å². The highest BCUT2D eigenvalue weighted by molar-refractivity contribution is 7.47. The molecule has 0 aliphatic rings. The van der Waals surface area contributed by atoms with Crippen molar-refractivity contribution in [3.05, 3.63) is 48.6 Å². The number of phosphoric ester groups is 1. The molecular weight excluding hydrogens is 796 g/mol. The van der Waals surface area contributed by atoms with Gasteiger partial charge in [-0.15, -0.1) is 0 Å². The normalized spacial score (nSPS) is 14.4. The van der Waals surface area contributed by atoms with Crippen LogP contribution in [0.1, 0.15) is 220 Å². The molecule has 2 N–H and O–H groups in total. The molecule has 62 heavy (non-hydrogen) atoms. The number of esters is 1. The molecule has 0 rings (SSSR count). The first-order valence-corrected chi connectivity index (χ1v) is 27.0. The van der Waals surface area contributed by atoms with Crippen LogP contribution in [0.25, 0.3) is 0 Å². The van der Waals surface area contributed by atoms with E-state index in [0.29, 0.717) is 23.9 Å². The van der Waals surface area contributed by atoms with Gasteiger partial charge in [-0.1, -0.05) is 205 Å². The molecule has 362 valence electrons. The molecule has 3 atom stereocenters. The van der Waals surface area contributed by atoms with Gasteiger partial charge in [0.2, 0.25) is 5.91 Å². The standard InChI is InChI=1S/C52H97N2O7P/c1-7-10-13-16-19-22-25-27-30-33-36-39-42-45-52(56)61-50(43-40-37-34-31-29-26-23-20-17-14-11-8-2)49(48-60-62(57,58)59-47-46-54(4,5)6)53-51(55)44-41-38-35-32-28-24-21-18-15-12-9-3/h10,13,16,19,22,25,40,43,49-50H,7-9,11-12,14-15,17-18,20-21,23-24,26-39,41-42,44-48H2,1-6H3,(H-,53,55,57,58)/p+1/b13-10+,19-16+,25-22-,43-40+. The molecular formula is C52H98N2O7P+. The van der Waals surface area contributed by atoms with E-state index in [4.69, 9.17) is 13.8 Å². The lowest BCUT2D eigenvalue weighted by Gasteiger charge is -2.27. The van der Waals surface area contributed by atoms with Gasteiger partial charge in [-0.25, -0.2) is 4.57 Å². The minimum absolute atomic E-state index is 0.0370. The van der Waals surface area contributed by atoms with E-state index in [1.807, 2.05) is 33.3 Å². The fourth-order valence-electron chi connectivity index (χ4n) is 7.11. The summed E-state index contributed by atoms with van der Waals surface area (Å²) in [5.41, 5.74) is 0. The number of rotatable bonds is 45. The monoisotopic (exact) mass is 894 g/mol. The Hall–Kier alpha value is -2.03. The Morgan fingerprint density at radius 2 is 1.03 bits per heavy atom. The van der Waals surface area contributed by atoms with Crippen molar-refractivity contribution in [2.45, 2.75) is 232 Å². The first-order valence-electron chi connectivity index (χ1n) is 25.5. The molecule has 0 radical (unpaired) electrons. The lowest BCUT2D eigenvalue weighted by atomic mass is 10.0. The molecule has 0 spiro atoms. The predicted molar refractivity (Wildman–Crippen MR) is 263 cm³/mol. The Balaban J connectivity index is 5.48. The number of allylic oxidation sites excluding steroid dienone is 7. The number of carbonyl (C=O) groups is 2. The molecule has 1 amide bonds. The minimum Gasteiger partial charge on any atom is -0.456 e. The van der Waals surface area contributed by atoms with Gasteiger partial charge in [0.25, 0.3) is 0 Å². The molecule has 0 heterocycles. The lowest BCUT2D eigenvalue weighted by Crippen LogP contribution is -2.47. The number of likely N-dealkylation sites (N-methyl/N-ethyl adjacent to an activating group) is 1. The number of quaternary nitrogens is 1. The third-order valence-corrected chi connectivity index (χ3v) is 12.1. The van der Waals surface area contributed by atoms with E-state index < -0.39 is 20.0 Å². The van der Waals surface area contributed by atoms with Gasteiger partial charge >= 0.3 is 13.8 Å². The zero-order valence-corrected chi connectivity index (χ0v) is 42.0. The molecule has 0 fully saturated rings. The van der Waals surface area contributed by atoms with Crippen molar-refractivity contribution in [3.63, 3.8) is 0 Å². The first-order chi connectivity index (χ1) is 29.9. The Labute approximate surface area is 382 Å². The number of phosphoric acid groups is 1. The number of carbonyl (C=O) groups excluding carboxylic acids is 2. The van der Waals surface area contributed by atoms with Gasteiger partial charge in [0.05, 0.1) is 33.8 Å². The number of nitrogens with one attached hydrogen (secondary N) is 1. The largest absolute Gasteiger partial charge is 0.472 e. The van der Waals surface area contributed by atoms with Crippen LogP contribution in [0.5, 0.6) is 0 Å². The van der Waals surface area contributed by atoms with Gasteiger partial charge in [-0.05, 0) is 51.0 Å². The summed E-state index contributed by atoms with van der Waals surface area (Å²) in [5, 5.41) is 3.03. The van der Waals surface area contributed by atoms with E-state index in [9.17, 15) is 19.0 Å². The summed E-state index contributed by atoms with van der Waals surface area (Å²) in [4.78, 5) is 37.3. The topological polar surface area (TPSA) is 111 Å². The van der Waals surface area contributed by atoms with Crippen LogP contribution in [0.4, 0.5) is 0 Å². The van der Waals surface area contributed by atoms with Crippen molar-refractivity contribution >= 4 is 19.7 Å². The summed E-state index contributed by atoms with van der Waals surface area (Å²) in [6.07, 6.45) is 49.6. The number of nitrogens with zero attached hydrogens (tertiary/aromatic N) is 1. The second-order valence-electron chi connectivity index (χ2n) is 18.4. The summed E-state index contributed by atoms with van der Waals surface area (Å²) in [6, 6.07) is -0.851. The average molecular weight is 894 g/mol. The minimum atomic E-state index is -4.44. The maximum Gasteiger partial charge on any atom is 0.472 e. The third kappa shape index (κ3) is 43.2. The summed E-state index contributed by atoms with van der Waals surface area (Å²) in [5.74, 6) is -0.530. The van der Waals surface area contributed by atoms with Gasteiger partial charge < -0.3 is 19.4 Å². The van der Waals surface area contributed by atoms with Crippen LogP contribution < -0.4 is 5.32 Å². The molecule has 3 unspecified atom stereocenters. The summed E-state index contributed by atoms with van der Waals surface area (Å²) in [7, 11) is 1.48. The number of unbranched alkanes of at least 4 members (excludes halogenated alkanes) is 25. The molecule has 0 saturated carbocycles. The fraction of sp³-hybridized carbons (Fsp3) is 0.808.